The Kier molecular flexibility index (Phi) is 9.37. The summed E-state index contributed by atoms with van der Waals surface area (Å²) in [6, 6.07) is 12.7. The average molecular weight is 491 g/mol. The van der Waals surface area contributed by atoms with Gasteiger partial charge in [0.15, 0.2) is 6.61 Å². The van der Waals surface area contributed by atoms with Crippen molar-refractivity contribution < 1.29 is 19.1 Å². The van der Waals surface area contributed by atoms with E-state index in [0.29, 0.717) is 24.6 Å². The third-order valence-corrected chi connectivity index (χ3v) is 5.74. The van der Waals surface area contributed by atoms with Gasteiger partial charge in [-0.25, -0.2) is 0 Å². The number of carbonyl (C=O) groups is 2. The van der Waals surface area contributed by atoms with Gasteiger partial charge in [0.25, 0.3) is 5.91 Å². The van der Waals surface area contributed by atoms with Crippen molar-refractivity contribution in [1.29, 1.82) is 0 Å². The normalized spacial score (nSPS) is 11.7. The number of nitrogens with one attached hydrogen (secondary N) is 1. The van der Waals surface area contributed by atoms with Gasteiger partial charge >= 0.3 is 0 Å². The van der Waals surface area contributed by atoms with Gasteiger partial charge in [0, 0.05) is 13.6 Å². The molecule has 0 aliphatic heterocycles. The van der Waals surface area contributed by atoms with Crippen LogP contribution in [0.25, 0.3) is 0 Å². The molecule has 0 bridgehead atoms. The Bertz CT molecular complexity index is 884. The molecule has 168 valence electrons. The largest absolute Gasteiger partial charge is 0.497 e. The lowest BCUT2D eigenvalue weighted by molar-refractivity contribution is -0.142. The number of nitrogens with zero attached hydrogens (tertiary/aromatic N) is 1. The van der Waals surface area contributed by atoms with Crippen molar-refractivity contribution in [2.75, 3.05) is 20.8 Å². The van der Waals surface area contributed by atoms with E-state index in [2.05, 4.69) is 35.1 Å². The zero-order chi connectivity index (χ0) is 23.0. The Morgan fingerprint density at radius 2 is 1.81 bits per heavy atom. The third-order valence-electron chi connectivity index (χ3n) is 5.12. The van der Waals surface area contributed by atoms with E-state index in [1.807, 2.05) is 49.4 Å². The zero-order valence-electron chi connectivity index (χ0n) is 18.8. The first-order valence-electron chi connectivity index (χ1n) is 10.4. The minimum absolute atomic E-state index is 0.163. The second kappa shape index (κ2) is 11.7. The van der Waals surface area contributed by atoms with Crippen LogP contribution in [0.5, 0.6) is 11.5 Å². The van der Waals surface area contributed by atoms with E-state index in [1.54, 1.807) is 19.1 Å². The number of likely N-dealkylation sites (N-methyl/N-ethyl adjacent to an activating group) is 1. The standard InChI is InChI=1S/C24H31BrN2O4/c1-6-21(24(29)26-4)27(14-17-7-10-19(30-5)11-8-17)23(28)15-31-22-12-9-18(16(2)3)13-20(22)25/h7-13,16,21H,6,14-15H2,1-5H3,(H,26,29). The summed E-state index contributed by atoms with van der Waals surface area (Å²) in [5.74, 6) is 1.26. The molecule has 2 aromatic rings. The summed E-state index contributed by atoms with van der Waals surface area (Å²) in [7, 11) is 3.18. The predicted molar refractivity (Wildman–Crippen MR) is 125 cm³/mol. The van der Waals surface area contributed by atoms with Crippen molar-refractivity contribution >= 4 is 27.7 Å². The molecule has 2 aromatic carbocycles. The number of benzene rings is 2. The molecule has 0 aromatic heterocycles. The number of rotatable bonds is 10. The smallest absolute Gasteiger partial charge is 0.261 e. The molecule has 2 amide bonds. The molecule has 0 fully saturated rings. The monoisotopic (exact) mass is 490 g/mol. The number of methoxy groups -OCH3 is 1. The summed E-state index contributed by atoms with van der Waals surface area (Å²) in [5.41, 5.74) is 2.08. The van der Waals surface area contributed by atoms with Gasteiger partial charge in [-0.15, -0.1) is 0 Å². The Hall–Kier alpha value is -2.54. The zero-order valence-corrected chi connectivity index (χ0v) is 20.4. The topological polar surface area (TPSA) is 67.9 Å². The molecule has 1 N–H and O–H groups in total. The average Bonchev–Trinajstić information content (AvgIpc) is 2.77. The number of hydrogen-bond donors (Lipinski definition) is 1. The lowest BCUT2D eigenvalue weighted by atomic mass is 10.0. The molecular formula is C24H31BrN2O4. The van der Waals surface area contributed by atoms with Crippen molar-refractivity contribution in [1.82, 2.24) is 10.2 Å². The highest BCUT2D eigenvalue weighted by Crippen LogP contribution is 2.29. The Balaban J connectivity index is 2.19. The molecule has 1 atom stereocenters. The van der Waals surface area contributed by atoms with E-state index < -0.39 is 6.04 Å². The second-order valence-corrected chi connectivity index (χ2v) is 8.40. The van der Waals surface area contributed by atoms with Gasteiger partial charge in [0.2, 0.25) is 5.91 Å². The summed E-state index contributed by atoms with van der Waals surface area (Å²) in [6.45, 7) is 6.25. The Labute approximate surface area is 193 Å². The highest BCUT2D eigenvalue weighted by molar-refractivity contribution is 9.10. The van der Waals surface area contributed by atoms with Crippen LogP contribution >= 0.6 is 15.9 Å². The Morgan fingerprint density at radius 3 is 2.32 bits per heavy atom. The molecule has 0 radical (unpaired) electrons. The maximum atomic E-state index is 13.1. The Morgan fingerprint density at radius 1 is 1.13 bits per heavy atom. The van der Waals surface area contributed by atoms with E-state index in [-0.39, 0.29) is 18.4 Å². The van der Waals surface area contributed by atoms with E-state index >= 15 is 0 Å². The van der Waals surface area contributed by atoms with E-state index in [0.717, 1.165) is 15.8 Å². The quantitative estimate of drug-likeness (QED) is 0.531. The third kappa shape index (κ3) is 6.72. The number of hydrogen-bond acceptors (Lipinski definition) is 4. The van der Waals surface area contributed by atoms with Crippen LogP contribution in [0.15, 0.2) is 46.9 Å². The van der Waals surface area contributed by atoms with Crippen molar-refractivity contribution in [2.45, 2.75) is 45.7 Å². The molecule has 0 heterocycles. The van der Waals surface area contributed by atoms with Crippen molar-refractivity contribution in [3.63, 3.8) is 0 Å². The lowest BCUT2D eigenvalue weighted by Gasteiger charge is -2.30. The molecular weight excluding hydrogens is 460 g/mol. The van der Waals surface area contributed by atoms with Crippen LogP contribution in [-0.4, -0.2) is 43.5 Å². The van der Waals surface area contributed by atoms with Gasteiger partial charge in [-0.3, -0.25) is 9.59 Å². The number of ether oxygens (including phenoxy) is 2. The number of carbonyl (C=O) groups excluding carboxylic acids is 2. The molecule has 6 nitrogen and oxygen atoms in total. The number of halogens is 1. The van der Waals surface area contributed by atoms with Crippen molar-refractivity contribution in [3.05, 3.63) is 58.1 Å². The molecule has 1 unspecified atom stereocenters. The minimum atomic E-state index is -0.588. The van der Waals surface area contributed by atoms with Gasteiger partial charge in [0.1, 0.15) is 17.5 Å². The fourth-order valence-corrected chi connectivity index (χ4v) is 3.74. The highest BCUT2D eigenvalue weighted by atomic mass is 79.9. The van der Waals surface area contributed by atoms with Gasteiger partial charge in [-0.05, 0) is 63.7 Å². The molecule has 0 aliphatic carbocycles. The summed E-state index contributed by atoms with van der Waals surface area (Å²) in [4.78, 5) is 27.1. The van der Waals surface area contributed by atoms with Gasteiger partial charge in [-0.2, -0.15) is 0 Å². The minimum Gasteiger partial charge on any atom is -0.497 e. The molecule has 0 saturated heterocycles. The lowest BCUT2D eigenvalue weighted by Crippen LogP contribution is -2.49. The summed E-state index contributed by atoms with van der Waals surface area (Å²) in [6.07, 6.45) is 0.494. The molecule has 31 heavy (non-hydrogen) atoms. The summed E-state index contributed by atoms with van der Waals surface area (Å²) < 4.78 is 11.8. The highest BCUT2D eigenvalue weighted by Gasteiger charge is 2.28. The van der Waals surface area contributed by atoms with Crippen LogP contribution in [0, 0.1) is 0 Å². The fraction of sp³-hybridized carbons (Fsp3) is 0.417. The maximum Gasteiger partial charge on any atom is 0.261 e. The van der Waals surface area contributed by atoms with Crippen LogP contribution < -0.4 is 14.8 Å². The summed E-state index contributed by atoms with van der Waals surface area (Å²) >= 11 is 3.52. The second-order valence-electron chi connectivity index (χ2n) is 7.54. The number of amides is 2. The predicted octanol–water partition coefficient (Wildman–Crippen LogP) is 4.51. The van der Waals surface area contributed by atoms with Crippen molar-refractivity contribution in [3.8, 4) is 11.5 Å². The van der Waals surface area contributed by atoms with Gasteiger partial charge < -0.3 is 19.7 Å². The first-order valence-corrected chi connectivity index (χ1v) is 11.2. The fourth-order valence-electron chi connectivity index (χ4n) is 3.23. The molecule has 0 saturated carbocycles. The van der Waals surface area contributed by atoms with Gasteiger partial charge in [-0.1, -0.05) is 39.0 Å². The van der Waals surface area contributed by atoms with Crippen LogP contribution in [0.3, 0.4) is 0 Å². The van der Waals surface area contributed by atoms with Crippen LogP contribution in [0.1, 0.15) is 44.2 Å². The summed E-state index contributed by atoms with van der Waals surface area (Å²) in [5, 5.41) is 2.65. The van der Waals surface area contributed by atoms with Crippen LogP contribution in [0.4, 0.5) is 0 Å². The first-order chi connectivity index (χ1) is 14.8. The first kappa shape index (κ1) is 24.7. The van der Waals surface area contributed by atoms with E-state index in [9.17, 15) is 9.59 Å². The molecule has 0 spiro atoms. The maximum absolute atomic E-state index is 13.1. The molecule has 0 aliphatic rings. The molecule has 2 rings (SSSR count). The van der Waals surface area contributed by atoms with E-state index in [4.69, 9.17) is 9.47 Å². The van der Waals surface area contributed by atoms with Gasteiger partial charge in [0.05, 0.1) is 11.6 Å². The SMILES string of the molecule is CCC(C(=O)NC)N(Cc1ccc(OC)cc1)C(=O)COc1ccc(C(C)C)cc1Br. The van der Waals surface area contributed by atoms with Crippen LogP contribution in [-0.2, 0) is 16.1 Å². The van der Waals surface area contributed by atoms with Crippen molar-refractivity contribution in [2.24, 2.45) is 0 Å². The van der Waals surface area contributed by atoms with Crippen LogP contribution in [0.2, 0.25) is 0 Å². The molecule has 7 heteroatoms. The van der Waals surface area contributed by atoms with E-state index in [1.165, 1.54) is 5.56 Å².